The van der Waals surface area contributed by atoms with E-state index in [1.54, 1.807) is 6.07 Å². The van der Waals surface area contributed by atoms with Crippen molar-refractivity contribution in [2.24, 2.45) is 4.99 Å². The molecule has 0 saturated carbocycles. The van der Waals surface area contributed by atoms with E-state index < -0.39 is 11.7 Å². The minimum Gasteiger partial charge on any atom is -0.334 e. The number of carbonyl (C=O) groups is 1. The fourth-order valence-electron chi connectivity index (χ4n) is 3.95. The van der Waals surface area contributed by atoms with Gasteiger partial charge in [-0.25, -0.2) is 4.99 Å². The minimum absolute atomic E-state index is 0.133. The molecule has 2 heterocycles. The first kappa shape index (κ1) is 23.6. The van der Waals surface area contributed by atoms with E-state index in [4.69, 9.17) is 0 Å². The number of aliphatic imine (C=N–C) groups is 1. The SMILES string of the molecule is CCN1/C(=C2/SC(=Nc3cccc(C(F)(F)F)c3)N(c3cccc(C)c3)C2=O)Sc2ccccc21. The molecule has 0 radical (unpaired) electrons. The number of amides is 1. The van der Waals surface area contributed by atoms with Crippen LogP contribution in [0.5, 0.6) is 0 Å². The van der Waals surface area contributed by atoms with E-state index in [0.29, 0.717) is 22.3 Å². The number of anilines is 2. The van der Waals surface area contributed by atoms with Crippen LogP contribution in [0.3, 0.4) is 0 Å². The second-order valence-electron chi connectivity index (χ2n) is 7.97. The fourth-order valence-corrected chi connectivity index (χ4v) is 6.35. The molecule has 5 rings (SSSR count). The number of hydrogen-bond acceptors (Lipinski definition) is 5. The van der Waals surface area contributed by atoms with Crippen molar-refractivity contribution in [2.75, 3.05) is 16.3 Å². The van der Waals surface area contributed by atoms with Crippen LogP contribution in [0.4, 0.5) is 30.2 Å². The normalized spacial score (nSPS) is 19.1. The highest BCUT2D eigenvalue weighted by atomic mass is 32.2. The summed E-state index contributed by atoms with van der Waals surface area (Å²) in [6, 6.07) is 20.2. The van der Waals surface area contributed by atoms with Gasteiger partial charge in [0, 0.05) is 11.4 Å². The number of halogens is 3. The Kier molecular flexibility index (Phi) is 6.14. The van der Waals surface area contributed by atoms with E-state index in [1.165, 1.54) is 40.6 Å². The molecule has 0 bridgehead atoms. The van der Waals surface area contributed by atoms with Gasteiger partial charge < -0.3 is 4.90 Å². The summed E-state index contributed by atoms with van der Waals surface area (Å²) in [5.74, 6) is -0.250. The molecule has 1 fully saturated rings. The zero-order valence-electron chi connectivity index (χ0n) is 18.8. The van der Waals surface area contributed by atoms with Gasteiger partial charge in [-0.15, -0.1) is 0 Å². The molecule has 35 heavy (non-hydrogen) atoms. The topological polar surface area (TPSA) is 35.9 Å². The van der Waals surface area contributed by atoms with Gasteiger partial charge in [0.1, 0.15) is 9.93 Å². The molecule has 178 valence electrons. The Hall–Kier alpha value is -3.17. The zero-order valence-corrected chi connectivity index (χ0v) is 20.5. The van der Waals surface area contributed by atoms with Gasteiger partial charge in [0.05, 0.1) is 22.6 Å². The van der Waals surface area contributed by atoms with Gasteiger partial charge in [-0.05, 0) is 73.6 Å². The maximum Gasteiger partial charge on any atom is 0.416 e. The summed E-state index contributed by atoms with van der Waals surface area (Å²) in [7, 11) is 0. The Morgan fingerprint density at radius 1 is 0.943 bits per heavy atom. The summed E-state index contributed by atoms with van der Waals surface area (Å²) in [5.41, 5.74) is 1.95. The van der Waals surface area contributed by atoms with Crippen molar-refractivity contribution in [3.8, 4) is 0 Å². The van der Waals surface area contributed by atoms with E-state index in [9.17, 15) is 18.0 Å². The number of fused-ring (bicyclic) bond motifs is 1. The Morgan fingerprint density at radius 3 is 2.46 bits per heavy atom. The van der Waals surface area contributed by atoms with Crippen LogP contribution in [0, 0.1) is 6.92 Å². The lowest BCUT2D eigenvalue weighted by Gasteiger charge is -2.19. The third-order valence-corrected chi connectivity index (χ3v) is 7.90. The lowest BCUT2D eigenvalue weighted by Crippen LogP contribution is -2.29. The summed E-state index contributed by atoms with van der Waals surface area (Å²) < 4.78 is 39.8. The first-order valence-corrected chi connectivity index (χ1v) is 12.5. The third-order valence-electron chi connectivity index (χ3n) is 5.56. The highest BCUT2D eigenvalue weighted by Crippen LogP contribution is 2.51. The maximum absolute atomic E-state index is 13.8. The molecule has 2 aliphatic rings. The van der Waals surface area contributed by atoms with Crippen molar-refractivity contribution >= 4 is 51.7 Å². The Morgan fingerprint density at radius 2 is 1.71 bits per heavy atom. The van der Waals surface area contributed by atoms with Crippen molar-refractivity contribution in [1.82, 2.24) is 0 Å². The summed E-state index contributed by atoms with van der Waals surface area (Å²) in [6.07, 6.45) is -4.48. The molecule has 0 aliphatic carbocycles. The van der Waals surface area contributed by atoms with Crippen LogP contribution in [0.1, 0.15) is 18.1 Å². The number of amidine groups is 1. The molecule has 9 heteroatoms. The van der Waals surface area contributed by atoms with Crippen molar-refractivity contribution < 1.29 is 18.0 Å². The number of benzene rings is 3. The lowest BCUT2D eigenvalue weighted by atomic mass is 10.2. The number of aryl methyl sites for hydroxylation is 1. The van der Waals surface area contributed by atoms with E-state index in [1.807, 2.05) is 56.3 Å². The standard InChI is InChI=1S/C26H20F3N3OS2/c1-3-31-20-12-4-5-13-21(20)34-24(31)22-23(33)32(19-11-6-8-16(2)14-19)25(35-22)30-18-10-7-9-17(15-18)26(27,28)29/h4-15H,3H2,1-2H3/b24-22-,30-25?. The highest BCUT2D eigenvalue weighted by molar-refractivity contribution is 8.20. The summed E-state index contributed by atoms with van der Waals surface area (Å²) in [4.78, 5) is 23.4. The van der Waals surface area contributed by atoms with E-state index >= 15 is 0 Å². The first-order valence-electron chi connectivity index (χ1n) is 10.9. The molecule has 3 aromatic rings. The molecule has 1 amide bonds. The number of carbonyl (C=O) groups excluding carboxylic acids is 1. The largest absolute Gasteiger partial charge is 0.416 e. The average molecular weight is 512 g/mol. The van der Waals surface area contributed by atoms with Crippen molar-refractivity contribution in [2.45, 2.75) is 24.9 Å². The molecular formula is C26H20F3N3OS2. The van der Waals surface area contributed by atoms with Gasteiger partial charge in [0.15, 0.2) is 5.17 Å². The maximum atomic E-state index is 13.8. The smallest absolute Gasteiger partial charge is 0.334 e. The van der Waals surface area contributed by atoms with Crippen molar-refractivity contribution in [3.05, 3.63) is 93.9 Å². The van der Waals surface area contributed by atoms with Gasteiger partial charge in [0.2, 0.25) is 0 Å². The van der Waals surface area contributed by atoms with Gasteiger partial charge in [-0.1, -0.05) is 42.1 Å². The molecule has 4 nitrogen and oxygen atoms in total. The van der Waals surface area contributed by atoms with Gasteiger partial charge >= 0.3 is 6.18 Å². The number of para-hydroxylation sites is 1. The van der Waals surface area contributed by atoms with Crippen molar-refractivity contribution in [1.29, 1.82) is 0 Å². The number of alkyl halides is 3. The molecule has 0 unspecified atom stereocenters. The van der Waals surface area contributed by atoms with Crippen LogP contribution in [0.15, 0.2) is 92.6 Å². The number of thioether (sulfide) groups is 2. The molecule has 0 aromatic heterocycles. The lowest BCUT2D eigenvalue weighted by molar-refractivity contribution is -0.137. The van der Waals surface area contributed by atoms with E-state index in [0.717, 1.165) is 33.3 Å². The average Bonchev–Trinajstić information content (AvgIpc) is 3.35. The molecule has 0 N–H and O–H groups in total. The Labute approximate surface area is 209 Å². The zero-order chi connectivity index (χ0) is 24.7. The minimum atomic E-state index is -4.48. The third kappa shape index (κ3) is 4.46. The summed E-state index contributed by atoms with van der Waals surface area (Å²) in [6.45, 7) is 4.60. The molecular weight excluding hydrogens is 491 g/mol. The molecule has 2 aliphatic heterocycles. The fraction of sp³-hybridized carbons (Fsp3) is 0.154. The molecule has 0 spiro atoms. The van der Waals surface area contributed by atoms with Crippen LogP contribution in [0.2, 0.25) is 0 Å². The molecule has 3 aromatic carbocycles. The molecule has 1 saturated heterocycles. The van der Waals surface area contributed by atoms with Crippen molar-refractivity contribution in [3.63, 3.8) is 0 Å². The second kappa shape index (κ2) is 9.13. The van der Waals surface area contributed by atoms with E-state index in [-0.39, 0.29) is 11.6 Å². The first-order chi connectivity index (χ1) is 16.8. The van der Waals surface area contributed by atoms with Gasteiger partial charge in [-0.2, -0.15) is 13.2 Å². The van der Waals surface area contributed by atoms with E-state index in [2.05, 4.69) is 9.89 Å². The van der Waals surface area contributed by atoms with Crippen LogP contribution < -0.4 is 9.80 Å². The predicted molar refractivity (Wildman–Crippen MR) is 137 cm³/mol. The molecule has 0 atom stereocenters. The highest BCUT2D eigenvalue weighted by Gasteiger charge is 2.40. The Balaban J connectivity index is 1.63. The Bertz CT molecular complexity index is 1380. The number of rotatable bonds is 3. The van der Waals surface area contributed by atoms with Crippen LogP contribution in [0.25, 0.3) is 0 Å². The van der Waals surface area contributed by atoms with Gasteiger partial charge in [-0.3, -0.25) is 9.69 Å². The summed E-state index contributed by atoms with van der Waals surface area (Å²) >= 11 is 2.70. The second-order valence-corrected chi connectivity index (χ2v) is 9.98. The quantitative estimate of drug-likeness (QED) is 0.340. The predicted octanol–water partition coefficient (Wildman–Crippen LogP) is 7.58. The number of hydrogen-bond donors (Lipinski definition) is 0. The van der Waals surface area contributed by atoms with Crippen LogP contribution in [-0.2, 0) is 11.0 Å². The number of nitrogens with zero attached hydrogens (tertiary/aromatic N) is 3. The van der Waals surface area contributed by atoms with Crippen LogP contribution in [-0.4, -0.2) is 17.6 Å². The summed E-state index contributed by atoms with van der Waals surface area (Å²) in [5, 5.41) is 1.12. The van der Waals surface area contributed by atoms with Crippen LogP contribution >= 0.6 is 23.5 Å². The monoisotopic (exact) mass is 511 g/mol. The van der Waals surface area contributed by atoms with Gasteiger partial charge in [0.25, 0.3) is 5.91 Å².